The minimum atomic E-state index is -0.176. The van der Waals surface area contributed by atoms with Crippen molar-refractivity contribution in [2.24, 2.45) is 0 Å². The molecule has 6 heteroatoms. The van der Waals surface area contributed by atoms with E-state index in [-0.39, 0.29) is 11.2 Å². The zero-order valence-electron chi connectivity index (χ0n) is 11.1. The molecule has 2 rings (SSSR count). The van der Waals surface area contributed by atoms with Gasteiger partial charge in [0.25, 0.3) is 0 Å². The van der Waals surface area contributed by atoms with Gasteiger partial charge >= 0.3 is 0 Å². The van der Waals surface area contributed by atoms with Crippen LogP contribution in [0.15, 0.2) is 23.4 Å². The van der Waals surface area contributed by atoms with Crippen LogP contribution in [0.3, 0.4) is 0 Å². The molecule has 19 heavy (non-hydrogen) atoms. The standard InChI is InChI=1S/C13H18N4OS/c1-3-6-15-12(18)8(2)19-13-16-10-5-4-9(14)7-11(10)17-13/h4-5,7-8H,3,6,14H2,1-2H3,(H,15,18)(H,16,17). The van der Waals surface area contributed by atoms with Crippen LogP contribution in [0, 0.1) is 0 Å². The summed E-state index contributed by atoms with van der Waals surface area (Å²) in [6.45, 7) is 4.61. The van der Waals surface area contributed by atoms with Crippen LogP contribution >= 0.6 is 11.8 Å². The minimum Gasteiger partial charge on any atom is -0.399 e. The molecular weight excluding hydrogens is 260 g/mol. The lowest BCUT2D eigenvalue weighted by Gasteiger charge is -2.09. The van der Waals surface area contributed by atoms with E-state index >= 15 is 0 Å². The Morgan fingerprint density at radius 2 is 2.37 bits per heavy atom. The summed E-state index contributed by atoms with van der Waals surface area (Å²) in [7, 11) is 0. The van der Waals surface area contributed by atoms with Crippen LogP contribution in [0.5, 0.6) is 0 Å². The third-order valence-electron chi connectivity index (χ3n) is 2.69. The van der Waals surface area contributed by atoms with Crippen LogP contribution in [0.4, 0.5) is 5.69 Å². The molecule has 0 radical (unpaired) electrons. The highest BCUT2D eigenvalue weighted by molar-refractivity contribution is 8.00. The number of hydrogen-bond acceptors (Lipinski definition) is 4. The fourth-order valence-corrected chi connectivity index (χ4v) is 2.52. The molecule has 1 atom stereocenters. The molecule has 2 aromatic rings. The number of nitrogens with one attached hydrogen (secondary N) is 2. The number of imidazole rings is 1. The van der Waals surface area contributed by atoms with Gasteiger partial charge < -0.3 is 16.0 Å². The smallest absolute Gasteiger partial charge is 0.233 e. The Morgan fingerprint density at radius 1 is 1.58 bits per heavy atom. The zero-order chi connectivity index (χ0) is 13.8. The predicted molar refractivity (Wildman–Crippen MR) is 79.1 cm³/mol. The van der Waals surface area contributed by atoms with Crippen LogP contribution in [0.25, 0.3) is 11.0 Å². The molecule has 0 aliphatic rings. The van der Waals surface area contributed by atoms with Gasteiger partial charge in [-0.25, -0.2) is 4.98 Å². The van der Waals surface area contributed by atoms with Gasteiger partial charge in [0.15, 0.2) is 5.16 Å². The molecule has 1 amide bonds. The van der Waals surface area contributed by atoms with Crippen LogP contribution in [-0.2, 0) is 4.79 Å². The second-order valence-corrected chi connectivity index (χ2v) is 5.70. The first kappa shape index (κ1) is 13.7. The minimum absolute atomic E-state index is 0.0341. The highest BCUT2D eigenvalue weighted by Crippen LogP contribution is 2.24. The lowest BCUT2D eigenvalue weighted by atomic mass is 10.3. The number of rotatable bonds is 5. The number of nitrogens with two attached hydrogens (primary N) is 1. The van der Waals surface area contributed by atoms with E-state index < -0.39 is 0 Å². The molecule has 0 spiro atoms. The Morgan fingerprint density at radius 3 is 3.11 bits per heavy atom. The van der Waals surface area contributed by atoms with Gasteiger partial charge in [0.1, 0.15) is 0 Å². The number of carbonyl (C=O) groups excluding carboxylic acids is 1. The summed E-state index contributed by atoms with van der Waals surface area (Å²) in [5, 5.41) is 3.43. The van der Waals surface area contributed by atoms with Gasteiger partial charge in [0, 0.05) is 12.2 Å². The quantitative estimate of drug-likeness (QED) is 0.578. The highest BCUT2D eigenvalue weighted by atomic mass is 32.2. The first-order valence-corrected chi connectivity index (χ1v) is 7.17. The molecule has 0 saturated heterocycles. The van der Waals surface area contributed by atoms with Crippen molar-refractivity contribution in [2.75, 3.05) is 12.3 Å². The van der Waals surface area contributed by atoms with Crippen molar-refractivity contribution in [1.29, 1.82) is 0 Å². The number of anilines is 1. The summed E-state index contributed by atoms with van der Waals surface area (Å²) in [6, 6.07) is 5.52. The molecule has 0 saturated carbocycles. The molecule has 1 aromatic heterocycles. The third kappa shape index (κ3) is 3.41. The molecule has 1 heterocycles. The number of fused-ring (bicyclic) bond motifs is 1. The summed E-state index contributed by atoms with van der Waals surface area (Å²) in [6.07, 6.45) is 0.938. The van der Waals surface area contributed by atoms with Crippen molar-refractivity contribution in [3.05, 3.63) is 18.2 Å². The molecule has 0 aliphatic heterocycles. The van der Waals surface area contributed by atoms with Crippen molar-refractivity contribution in [3.63, 3.8) is 0 Å². The fourth-order valence-electron chi connectivity index (χ4n) is 1.67. The monoisotopic (exact) mass is 278 g/mol. The number of benzene rings is 1. The summed E-state index contributed by atoms with van der Waals surface area (Å²) >= 11 is 1.41. The van der Waals surface area contributed by atoms with Gasteiger partial charge in [-0.3, -0.25) is 4.79 Å². The second kappa shape index (κ2) is 5.97. The van der Waals surface area contributed by atoms with E-state index in [1.54, 1.807) is 0 Å². The Hall–Kier alpha value is -1.69. The van der Waals surface area contributed by atoms with Gasteiger partial charge in [-0.2, -0.15) is 0 Å². The summed E-state index contributed by atoms with van der Waals surface area (Å²) in [4.78, 5) is 19.4. The van der Waals surface area contributed by atoms with Crippen molar-refractivity contribution in [2.45, 2.75) is 30.7 Å². The van der Waals surface area contributed by atoms with Crippen molar-refractivity contribution in [3.8, 4) is 0 Å². The number of H-pyrrole nitrogens is 1. The van der Waals surface area contributed by atoms with Crippen molar-refractivity contribution < 1.29 is 4.79 Å². The number of nitrogens with zero attached hydrogens (tertiary/aromatic N) is 1. The number of aromatic nitrogens is 2. The van der Waals surface area contributed by atoms with Gasteiger partial charge in [0.2, 0.25) is 5.91 Å². The van der Waals surface area contributed by atoms with E-state index in [9.17, 15) is 4.79 Å². The largest absolute Gasteiger partial charge is 0.399 e. The Balaban J connectivity index is 2.06. The lowest BCUT2D eigenvalue weighted by Crippen LogP contribution is -2.31. The molecule has 5 nitrogen and oxygen atoms in total. The second-order valence-electron chi connectivity index (χ2n) is 4.37. The zero-order valence-corrected chi connectivity index (χ0v) is 11.9. The topological polar surface area (TPSA) is 83.8 Å². The Kier molecular flexibility index (Phi) is 4.31. The SMILES string of the molecule is CCCNC(=O)C(C)Sc1nc2ccc(N)cc2[nH]1. The Bertz CT molecular complexity index is 581. The molecule has 0 aliphatic carbocycles. The van der Waals surface area contributed by atoms with E-state index in [0.717, 1.165) is 22.6 Å². The maximum atomic E-state index is 11.8. The molecule has 4 N–H and O–H groups in total. The lowest BCUT2D eigenvalue weighted by molar-refractivity contribution is -0.120. The van der Waals surface area contributed by atoms with E-state index in [4.69, 9.17) is 5.73 Å². The van der Waals surface area contributed by atoms with E-state index in [1.165, 1.54) is 11.8 Å². The van der Waals surface area contributed by atoms with Crippen LogP contribution in [-0.4, -0.2) is 27.7 Å². The first-order valence-electron chi connectivity index (χ1n) is 6.29. The maximum Gasteiger partial charge on any atom is 0.233 e. The number of nitrogen functional groups attached to an aromatic ring is 1. The van der Waals surface area contributed by atoms with Gasteiger partial charge in [-0.15, -0.1) is 0 Å². The predicted octanol–water partition coefficient (Wildman–Crippen LogP) is 2.15. The molecule has 1 aromatic carbocycles. The summed E-state index contributed by atoms with van der Waals surface area (Å²) in [5.74, 6) is 0.0341. The number of amides is 1. The van der Waals surface area contributed by atoms with Crippen LogP contribution in [0.2, 0.25) is 0 Å². The van der Waals surface area contributed by atoms with Gasteiger partial charge in [-0.05, 0) is 31.5 Å². The average Bonchev–Trinajstić information content (AvgIpc) is 2.77. The van der Waals surface area contributed by atoms with Gasteiger partial charge in [-0.1, -0.05) is 18.7 Å². The fraction of sp³-hybridized carbons (Fsp3) is 0.385. The van der Waals surface area contributed by atoms with Crippen molar-refractivity contribution in [1.82, 2.24) is 15.3 Å². The number of carbonyl (C=O) groups is 1. The molecule has 1 unspecified atom stereocenters. The Labute approximate surface area is 116 Å². The highest BCUT2D eigenvalue weighted by Gasteiger charge is 2.15. The van der Waals surface area contributed by atoms with E-state index in [2.05, 4.69) is 15.3 Å². The molecule has 0 bridgehead atoms. The molecular formula is C13H18N4OS. The van der Waals surface area contributed by atoms with Crippen LogP contribution < -0.4 is 11.1 Å². The van der Waals surface area contributed by atoms with Crippen LogP contribution in [0.1, 0.15) is 20.3 Å². The van der Waals surface area contributed by atoms with E-state index in [0.29, 0.717) is 12.2 Å². The average molecular weight is 278 g/mol. The number of aromatic amines is 1. The first-order chi connectivity index (χ1) is 9.10. The van der Waals surface area contributed by atoms with E-state index in [1.807, 2.05) is 32.0 Å². The molecule has 102 valence electrons. The number of thioether (sulfide) groups is 1. The maximum absolute atomic E-state index is 11.8. The number of hydrogen-bond donors (Lipinski definition) is 3. The summed E-state index contributed by atoms with van der Waals surface area (Å²) < 4.78 is 0. The summed E-state index contributed by atoms with van der Waals surface area (Å²) in [5.41, 5.74) is 8.17. The molecule has 0 fully saturated rings. The van der Waals surface area contributed by atoms with Crippen molar-refractivity contribution >= 4 is 34.4 Å². The van der Waals surface area contributed by atoms with Gasteiger partial charge in [0.05, 0.1) is 16.3 Å². The third-order valence-corrected chi connectivity index (χ3v) is 3.68. The normalized spacial score (nSPS) is 12.5.